The number of hydrogen-bond acceptors (Lipinski definition) is 2. The number of aliphatic carboxylic acids is 2. The summed E-state index contributed by atoms with van der Waals surface area (Å²) in [5.74, 6) is -1.38. The second-order valence-corrected chi connectivity index (χ2v) is 6.52. The molecular weight excluding hydrogens is 328 g/mol. The molecule has 0 rings (SSSR count). The topological polar surface area (TPSA) is 74.6 Å². The fourth-order valence-corrected chi connectivity index (χ4v) is 2.30. The van der Waals surface area contributed by atoms with Gasteiger partial charge in [0.1, 0.15) is 0 Å². The number of allylic oxidation sites excluding steroid dienone is 4. The summed E-state index contributed by atoms with van der Waals surface area (Å²) >= 11 is 0. The highest BCUT2D eigenvalue weighted by molar-refractivity contribution is 5.66. The van der Waals surface area contributed by atoms with Crippen molar-refractivity contribution in [3.05, 3.63) is 24.3 Å². The van der Waals surface area contributed by atoms with Gasteiger partial charge < -0.3 is 10.2 Å². The highest BCUT2D eigenvalue weighted by atomic mass is 16.4. The van der Waals surface area contributed by atoms with Crippen molar-refractivity contribution in [2.75, 3.05) is 0 Å². The van der Waals surface area contributed by atoms with Gasteiger partial charge in [-0.2, -0.15) is 0 Å². The molecule has 0 aromatic rings. The van der Waals surface area contributed by atoms with Crippen LogP contribution in [0.5, 0.6) is 0 Å². The van der Waals surface area contributed by atoms with E-state index < -0.39 is 11.9 Å². The first-order chi connectivity index (χ1) is 12.5. The summed E-state index contributed by atoms with van der Waals surface area (Å²) in [5, 5.41) is 16.4. The Balaban J connectivity index is 0. The van der Waals surface area contributed by atoms with Crippen LogP contribution in [0.2, 0.25) is 0 Å². The molecule has 0 aliphatic rings. The molecule has 0 saturated heterocycles. The Morgan fingerprint density at radius 1 is 0.615 bits per heavy atom. The minimum atomic E-state index is -0.711. The lowest BCUT2D eigenvalue weighted by atomic mass is 10.1. The van der Waals surface area contributed by atoms with Crippen molar-refractivity contribution < 1.29 is 19.8 Å². The first-order valence-corrected chi connectivity index (χ1v) is 10.3. The third-order valence-electron chi connectivity index (χ3n) is 3.81. The van der Waals surface area contributed by atoms with E-state index in [4.69, 9.17) is 10.2 Å². The van der Waals surface area contributed by atoms with Crippen molar-refractivity contribution >= 4 is 11.9 Å². The quantitative estimate of drug-likeness (QED) is 0.233. The lowest BCUT2D eigenvalue weighted by molar-refractivity contribution is -0.138. The van der Waals surface area contributed by atoms with Crippen molar-refractivity contribution in [3.8, 4) is 0 Å². The number of carboxylic acid groups (broad SMARTS) is 2. The van der Waals surface area contributed by atoms with E-state index in [1.165, 1.54) is 44.9 Å². The number of rotatable bonds is 16. The number of unbranched alkanes of at least 4 members (excludes halogenated alkanes) is 8. The molecule has 0 spiro atoms. The third-order valence-corrected chi connectivity index (χ3v) is 3.81. The van der Waals surface area contributed by atoms with Crippen molar-refractivity contribution in [3.63, 3.8) is 0 Å². The van der Waals surface area contributed by atoms with Gasteiger partial charge in [0.2, 0.25) is 0 Å². The Bertz CT molecular complexity index is 372. The van der Waals surface area contributed by atoms with Crippen LogP contribution in [0.4, 0.5) is 0 Å². The van der Waals surface area contributed by atoms with E-state index in [0.29, 0.717) is 12.8 Å². The highest BCUT2D eigenvalue weighted by Crippen LogP contribution is 2.08. The monoisotopic (exact) mass is 368 g/mol. The predicted molar refractivity (Wildman–Crippen MR) is 110 cm³/mol. The standard InChI is InChI=1S/C18H32O2.C4H8O2/c1-2-3-4-5-6-7-8-9-10-11-12-13-14-15-16-17-18(19)20;1-2-3-4(5)6/h6-7,9-10H,2-5,8,11-17H2,1H3,(H,19,20);2-3H2,1H3,(H,5,6)/b7-6-,10-9-;. The predicted octanol–water partition coefficient (Wildman–Crippen LogP) is 6.76. The molecular formula is C22H40O4. The van der Waals surface area contributed by atoms with Gasteiger partial charge in [-0.25, -0.2) is 0 Å². The van der Waals surface area contributed by atoms with Gasteiger partial charge >= 0.3 is 11.9 Å². The van der Waals surface area contributed by atoms with Gasteiger partial charge in [-0.1, -0.05) is 70.3 Å². The minimum Gasteiger partial charge on any atom is -0.481 e. The van der Waals surface area contributed by atoms with Gasteiger partial charge in [0.05, 0.1) is 0 Å². The molecule has 4 nitrogen and oxygen atoms in total. The molecule has 0 aromatic heterocycles. The number of carbonyl (C=O) groups is 2. The van der Waals surface area contributed by atoms with Crippen LogP contribution in [0.3, 0.4) is 0 Å². The van der Waals surface area contributed by atoms with Crippen LogP contribution in [0.15, 0.2) is 24.3 Å². The lowest BCUT2D eigenvalue weighted by Crippen LogP contribution is -1.93. The maximum atomic E-state index is 10.3. The molecule has 0 heterocycles. The summed E-state index contributed by atoms with van der Waals surface area (Å²) in [6.07, 6.45) is 23.3. The van der Waals surface area contributed by atoms with Crippen LogP contribution < -0.4 is 0 Å². The molecule has 0 aliphatic carbocycles. The van der Waals surface area contributed by atoms with E-state index in [1.807, 2.05) is 6.92 Å². The lowest BCUT2D eigenvalue weighted by Gasteiger charge is -1.98. The number of carboxylic acids is 2. The molecule has 0 fully saturated rings. The molecule has 0 atom stereocenters. The van der Waals surface area contributed by atoms with Crippen molar-refractivity contribution in [2.24, 2.45) is 0 Å². The normalized spacial score (nSPS) is 10.8. The Morgan fingerprint density at radius 3 is 1.58 bits per heavy atom. The number of hydrogen-bond donors (Lipinski definition) is 2. The highest BCUT2D eigenvalue weighted by Gasteiger charge is 1.95. The van der Waals surface area contributed by atoms with Gasteiger partial charge in [-0.3, -0.25) is 9.59 Å². The molecule has 26 heavy (non-hydrogen) atoms. The van der Waals surface area contributed by atoms with Crippen LogP contribution in [0, 0.1) is 0 Å². The molecule has 0 unspecified atom stereocenters. The molecule has 0 bridgehead atoms. The molecule has 4 heteroatoms. The van der Waals surface area contributed by atoms with Crippen LogP contribution in [0.25, 0.3) is 0 Å². The fourth-order valence-electron chi connectivity index (χ4n) is 2.30. The molecule has 0 saturated carbocycles. The smallest absolute Gasteiger partial charge is 0.303 e. The summed E-state index contributed by atoms with van der Waals surface area (Å²) in [5.41, 5.74) is 0. The summed E-state index contributed by atoms with van der Waals surface area (Å²) in [6.45, 7) is 4.08. The second-order valence-electron chi connectivity index (χ2n) is 6.52. The van der Waals surface area contributed by atoms with Crippen LogP contribution in [-0.4, -0.2) is 22.2 Å². The van der Waals surface area contributed by atoms with Crippen LogP contribution in [-0.2, 0) is 9.59 Å². The first-order valence-electron chi connectivity index (χ1n) is 10.3. The van der Waals surface area contributed by atoms with E-state index in [0.717, 1.165) is 32.1 Å². The van der Waals surface area contributed by atoms with E-state index in [-0.39, 0.29) is 0 Å². The molecule has 0 aromatic carbocycles. The van der Waals surface area contributed by atoms with Gasteiger partial charge in [0.15, 0.2) is 0 Å². The third kappa shape index (κ3) is 30.3. The SMILES string of the molecule is CCCC(=O)O.CCCCC/C=C\C/C=C\CCCCCCCC(=O)O. The Labute approximate surface area is 160 Å². The average molecular weight is 369 g/mol. The molecule has 0 radical (unpaired) electrons. The Morgan fingerprint density at radius 2 is 1.12 bits per heavy atom. The molecule has 0 amide bonds. The van der Waals surface area contributed by atoms with Gasteiger partial charge in [0.25, 0.3) is 0 Å². The zero-order valence-corrected chi connectivity index (χ0v) is 16.9. The van der Waals surface area contributed by atoms with Gasteiger partial charge in [0, 0.05) is 12.8 Å². The minimum absolute atomic E-state index is 0.292. The van der Waals surface area contributed by atoms with Crippen molar-refractivity contribution in [1.29, 1.82) is 0 Å². The fraction of sp³-hybridized carbons (Fsp3) is 0.727. The average Bonchev–Trinajstić information content (AvgIpc) is 2.58. The second kappa shape index (κ2) is 23.4. The van der Waals surface area contributed by atoms with E-state index >= 15 is 0 Å². The van der Waals surface area contributed by atoms with Crippen LogP contribution >= 0.6 is 0 Å². The maximum absolute atomic E-state index is 10.3. The van der Waals surface area contributed by atoms with E-state index in [9.17, 15) is 9.59 Å². The summed E-state index contributed by atoms with van der Waals surface area (Å²) in [7, 11) is 0. The Kier molecular flexibility index (Phi) is 24.0. The van der Waals surface area contributed by atoms with Crippen LogP contribution in [0.1, 0.15) is 104 Å². The maximum Gasteiger partial charge on any atom is 0.303 e. The first kappa shape index (κ1) is 26.6. The summed E-state index contributed by atoms with van der Waals surface area (Å²) < 4.78 is 0. The molecule has 152 valence electrons. The van der Waals surface area contributed by atoms with Crippen molar-refractivity contribution in [2.45, 2.75) is 104 Å². The van der Waals surface area contributed by atoms with Gasteiger partial charge in [-0.15, -0.1) is 0 Å². The Hall–Kier alpha value is -1.58. The summed E-state index contributed by atoms with van der Waals surface area (Å²) in [4.78, 5) is 19.9. The summed E-state index contributed by atoms with van der Waals surface area (Å²) in [6, 6.07) is 0. The largest absolute Gasteiger partial charge is 0.481 e. The van der Waals surface area contributed by atoms with Gasteiger partial charge in [-0.05, 0) is 44.9 Å². The zero-order chi connectivity index (χ0) is 19.9. The van der Waals surface area contributed by atoms with Crippen molar-refractivity contribution in [1.82, 2.24) is 0 Å². The van der Waals surface area contributed by atoms with E-state index in [1.54, 1.807) is 0 Å². The van der Waals surface area contributed by atoms with E-state index in [2.05, 4.69) is 31.2 Å². The molecule has 0 aliphatic heterocycles. The zero-order valence-electron chi connectivity index (χ0n) is 16.9. The molecule has 2 N–H and O–H groups in total.